The van der Waals surface area contributed by atoms with Gasteiger partial charge in [-0.05, 0) is 11.1 Å². The van der Waals surface area contributed by atoms with Crippen molar-refractivity contribution in [3.63, 3.8) is 0 Å². The zero-order valence-corrected chi connectivity index (χ0v) is 11.2. The summed E-state index contributed by atoms with van der Waals surface area (Å²) in [5, 5.41) is 0. The number of alkyl halides is 3. The van der Waals surface area contributed by atoms with Gasteiger partial charge >= 0.3 is 6.68 Å². The lowest BCUT2D eigenvalue weighted by Crippen LogP contribution is -1.73. The molecule has 0 unspecified atom stereocenters. The zero-order valence-electron chi connectivity index (χ0n) is 8.89. The first-order valence-corrected chi connectivity index (χ1v) is 4.73. The van der Waals surface area contributed by atoms with E-state index >= 15 is 0 Å². The van der Waals surface area contributed by atoms with Crippen LogP contribution in [-0.2, 0) is 0 Å². The van der Waals surface area contributed by atoms with Gasteiger partial charge in [0.25, 0.3) is 0 Å². The molecule has 17 heavy (non-hydrogen) atoms. The number of halogens is 4. The lowest BCUT2D eigenvalue weighted by atomic mass is 10.1. The van der Waals surface area contributed by atoms with Crippen LogP contribution >= 0.6 is 24.0 Å². The summed E-state index contributed by atoms with van der Waals surface area (Å²) in [6, 6.07) is 20.8. The minimum absolute atomic E-state index is 0. The largest absolute Gasteiger partial charge is 0.379 e. The maximum Gasteiger partial charge on any atom is 0.379 e. The molecular formula is C13H12F3I. The minimum Gasteiger partial charge on any atom is -0.174 e. The highest BCUT2D eigenvalue weighted by Gasteiger charge is 1.91. The van der Waals surface area contributed by atoms with Crippen LogP contribution in [0.4, 0.5) is 13.2 Å². The molecule has 0 bridgehead atoms. The van der Waals surface area contributed by atoms with Gasteiger partial charge in [0.1, 0.15) is 0 Å². The molecule has 0 saturated heterocycles. The molecule has 0 aliphatic heterocycles. The van der Waals surface area contributed by atoms with Crippen molar-refractivity contribution in [2.45, 2.75) is 6.68 Å². The second-order valence-electron chi connectivity index (χ2n) is 2.98. The summed E-state index contributed by atoms with van der Waals surface area (Å²) >= 11 is 0. The Bertz CT molecular complexity index is 350. The molecule has 0 aromatic heterocycles. The number of rotatable bonds is 1. The molecule has 0 aliphatic rings. The number of benzene rings is 2. The average molecular weight is 352 g/mol. The van der Waals surface area contributed by atoms with Gasteiger partial charge in [-0.15, -0.1) is 24.0 Å². The van der Waals surface area contributed by atoms with Crippen molar-refractivity contribution in [1.29, 1.82) is 0 Å². The van der Waals surface area contributed by atoms with Crippen LogP contribution in [0.15, 0.2) is 60.7 Å². The van der Waals surface area contributed by atoms with Gasteiger partial charge in [-0.3, -0.25) is 0 Å². The van der Waals surface area contributed by atoms with Gasteiger partial charge < -0.3 is 0 Å². The van der Waals surface area contributed by atoms with Crippen LogP contribution in [0.2, 0.25) is 0 Å². The number of hydrogen-bond donors (Lipinski definition) is 0. The van der Waals surface area contributed by atoms with Crippen molar-refractivity contribution in [1.82, 2.24) is 0 Å². The molecule has 2 aromatic carbocycles. The molecule has 0 radical (unpaired) electrons. The third-order valence-electron chi connectivity index (χ3n) is 1.88. The van der Waals surface area contributed by atoms with E-state index in [2.05, 4.69) is 48.5 Å². The smallest absolute Gasteiger partial charge is 0.174 e. The van der Waals surface area contributed by atoms with Gasteiger partial charge in [0.15, 0.2) is 0 Å². The van der Waals surface area contributed by atoms with Gasteiger partial charge in [-0.1, -0.05) is 60.7 Å². The molecule has 0 amide bonds. The van der Waals surface area contributed by atoms with Crippen molar-refractivity contribution < 1.29 is 13.2 Å². The van der Waals surface area contributed by atoms with Crippen molar-refractivity contribution in [2.24, 2.45) is 0 Å². The molecule has 2 rings (SSSR count). The molecular weight excluding hydrogens is 340 g/mol. The molecule has 0 N–H and O–H groups in total. The molecule has 0 saturated carbocycles. The predicted molar refractivity (Wildman–Crippen MR) is 74.4 cm³/mol. The van der Waals surface area contributed by atoms with Crippen molar-refractivity contribution in [3.05, 3.63) is 60.7 Å². The molecule has 2 aromatic rings. The lowest BCUT2D eigenvalue weighted by molar-refractivity contribution is 0.00819. The fourth-order valence-electron chi connectivity index (χ4n) is 1.26. The third-order valence-corrected chi connectivity index (χ3v) is 1.88. The van der Waals surface area contributed by atoms with E-state index in [1.165, 1.54) is 11.1 Å². The predicted octanol–water partition coefficient (Wildman–Crippen LogP) is 5.15. The monoisotopic (exact) mass is 352 g/mol. The van der Waals surface area contributed by atoms with E-state index in [4.69, 9.17) is 0 Å². The van der Waals surface area contributed by atoms with Gasteiger partial charge in [-0.2, -0.15) is 13.2 Å². The first-order chi connectivity index (χ1) is 7.70. The molecule has 0 atom stereocenters. The third kappa shape index (κ3) is 6.99. The first-order valence-electron chi connectivity index (χ1n) is 4.73. The maximum atomic E-state index is 9.67. The maximum absolute atomic E-state index is 9.67. The highest BCUT2D eigenvalue weighted by molar-refractivity contribution is 14.0. The molecule has 92 valence electrons. The number of hydrogen-bond acceptors (Lipinski definition) is 0. The Morgan fingerprint density at radius 3 is 1.06 bits per heavy atom. The van der Waals surface area contributed by atoms with Crippen molar-refractivity contribution in [2.75, 3.05) is 0 Å². The Morgan fingerprint density at radius 1 is 0.588 bits per heavy atom. The SMILES string of the molecule is FC(F)F.I.c1ccc(-c2ccccc2)cc1. The minimum atomic E-state index is -3.67. The summed E-state index contributed by atoms with van der Waals surface area (Å²) in [4.78, 5) is 0. The van der Waals surface area contributed by atoms with E-state index in [1.807, 2.05) is 12.1 Å². The summed E-state index contributed by atoms with van der Waals surface area (Å²) in [7, 11) is 0. The van der Waals surface area contributed by atoms with Crippen LogP contribution in [0.3, 0.4) is 0 Å². The molecule has 0 nitrogen and oxygen atoms in total. The molecule has 0 aliphatic carbocycles. The van der Waals surface area contributed by atoms with E-state index < -0.39 is 6.68 Å². The van der Waals surface area contributed by atoms with Crippen LogP contribution in [0.25, 0.3) is 11.1 Å². The highest BCUT2D eigenvalue weighted by Crippen LogP contribution is 2.17. The van der Waals surface area contributed by atoms with E-state index in [0.717, 1.165) is 0 Å². The van der Waals surface area contributed by atoms with Gasteiger partial charge in [0.05, 0.1) is 0 Å². The Balaban J connectivity index is 0.000000453. The quantitative estimate of drug-likeness (QED) is 0.623. The highest BCUT2D eigenvalue weighted by atomic mass is 127. The Hall–Kier alpha value is -1.04. The zero-order chi connectivity index (χ0) is 11.8. The van der Waals surface area contributed by atoms with Crippen LogP contribution < -0.4 is 0 Å². The topological polar surface area (TPSA) is 0 Å². The van der Waals surface area contributed by atoms with Crippen LogP contribution in [0.1, 0.15) is 0 Å². The first kappa shape index (κ1) is 16.0. The van der Waals surface area contributed by atoms with Crippen LogP contribution in [0, 0.1) is 0 Å². The van der Waals surface area contributed by atoms with Crippen molar-refractivity contribution >= 4 is 24.0 Å². The lowest BCUT2D eigenvalue weighted by Gasteiger charge is -1.98. The summed E-state index contributed by atoms with van der Waals surface area (Å²) in [5.41, 5.74) is 2.55. The summed E-state index contributed by atoms with van der Waals surface area (Å²) < 4.78 is 29.0. The molecule has 0 fully saturated rings. The fraction of sp³-hybridized carbons (Fsp3) is 0.0769. The summed E-state index contributed by atoms with van der Waals surface area (Å²) in [5.74, 6) is 0. The van der Waals surface area contributed by atoms with Crippen molar-refractivity contribution in [3.8, 4) is 11.1 Å². The van der Waals surface area contributed by atoms with E-state index in [-0.39, 0.29) is 24.0 Å². The second kappa shape index (κ2) is 9.04. The fourth-order valence-corrected chi connectivity index (χ4v) is 1.26. The molecule has 4 heteroatoms. The summed E-state index contributed by atoms with van der Waals surface area (Å²) in [6.45, 7) is -3.67. The molecule has 0 spiro atoms. The average Bonchev–Trinajstić information content (AvgIpc) is 2.31. The molecule has 0 heterocycles. The van der Waals surface area contributed by atoms with E-state index in [9.17, 15) is 13.2 Å². The Labute approximate surface area is 115 Å². The van der Waals surface area contributed by atoms with Gasteiger partial charge in [0.2, 0.25) is 0 Å². The van der Waals surface area contributed by atoms with Gasteiger partial charge in [-0.25, -0.2) is 0 Å². The second-order valence-corrected chi connectivity index (χ2v) is 2.98. The Morgan fingerprint density at radius 2 is 0.824 bits per heavy atom. The van der Waals surface area contributed by atoms with E-state index in [1.54, 1.807) is 0 Å². The van der Waals surface area contributed by atoms with E-state index in [0.29, 0.717) is 0 Å². The van der Waals surface area contributed by atoms with Crippen LogP contribution in [-0.4, -0.2) is 6.68 Å². The normalized spacial score (nSPS) is 8.94. The van der Waals surface area contributed by atoms with Gasteiger partial charge in [0, 0.05) is 0 Å². The van der Waals surface area contributed by atoms with Crippen LogP contribution in [0.5, 0.6) is 0 Å². The standard InChI is InChI=1S/C12H10.CHF3.HI/c1-3-7-11(8-4-1)12-9-5-2-6-10-12;2-1(3)4;/h1-10H;1H;1H. The summed E-state index contributed by atoms with van der Waals surface area (Å²) in [6.07, 6.45) is 0. The Kier molecular flexibility index (Phi) is 8.49.